The lowest BCUT2D eigenvalue weighted by Gasteiger charge is -2.35. The largest absolute Gasteiger partial charge is 0.478 e. The molecule has 0 aromatic heterocycles. The van der Waals surface area contributed by atoms with Gasteiger partial charge in [0.2, 0.25) is 11.3 Å². The summed E-state index contributed by atoms with van der Waals surface area (Å²) in [4.78, 5) is 133. The number of hydrogen-bond acceptors (Lipinski definition) is 26. The summed E-state index contributed by atoms with van der Waals surface area (Å²) in [6.45, 7) is 18.5. The van der Waals surface area contributed by atoms with Crippen LogP contribution in [0.5, 0.6) is 0 Å². The number of anilines is 1. The van der Waals surface area contributed by atoms with Gasteiger partial charge in [-0.25, -0.2) is 14.2 Å². The van der Waals surface area contributed by atoms with E-state index >= 15 is 0 Å². The number of carbonyl (C=O) groups is 9. The number of carboxylic acid groups (broad SMARTS) is 1. The van der Waals surface area contributed by atoms with Crippen LogP contribution in [0.3, 0.4) is 0 Å². The van der Waals surface area contributed by atoms with Gasteiger partial charge in [0.15, 0.2) is 6.61 Å². The Hall–Kier alpha value is -11.1. The highest BCUT2D eigenvalue weighted by molar-refractivity contribution is 6.09. The van der Waals surface area contributed by atoms with Gasteiger partial charge in [-0.2, -0.15) is 13.2 Å². The standard InChI is InChI=1S/C105H150F3N11O21/c1-64-37-38-65(2)86(134-21)51-39-66(3)96(124)70(7)88(140-103(131)85(62-132-19)119(17)18)34-25-24-26-36-93(122)138-87(35-31-32-79(58-64)133-20)69(6)95(123)67(4)40-52-89(139-102(130)72(9)116(11)12)71(8)97(136-73(10)120)68(5)53-57-112-135-63-92(121)109-54-30-27-33-84(113-99(126)74-41-44-76(45-42-74)104(114-115-104)105(106,107)108)100(127)111-56-29-23-22-28-55-110-98(125)75-43-48-80(83(59-75)101(128)129)94-81-49-46-77(117(13)14)60-90(81)137-91-61-78(118(15)16)47-50-82(91)94/h24-26,31-32,36,38,41-50,57,59-61,64,66-72,79,84-89,95-97,123-124H,22-23,27-30,33-35,37,39-40,51-56,58,62-63H2,1-21H3,(H4-,109,110,111,113,121,125,126,127,128,129)/p+1/b25-24+,32-31+,36-26+,65-38+,112-57?/t64-,66-,67+,68-,69-,70-,71+,72+,79+,84+,85?,86+,87+,88-,89-,95+,96-,97-/m1/s1. The van der Waals surface area contributed by atoms with Gasteiger partial charge in [0, 0.05) is 156 Å². The van der Waals surface area contributed by atoms with Crippen molar-refractivity contribution in [3.05, 3.63) is 155 Å². The highest BCUT2D eigenvalue weighted by Gasteiger charge is 2.65. The highest BCUT2D eigenvalue weighted by atomic mass is 19.4. The van der Waals surface area contributed by atoms with Crippen molar-refractivity contribution in [2.24, 2.45) is 56.8 Å². The number of aliphatic hydroxyl groups excluding tert-OH is 2. The zero-order valence-electron chi connectivity index (χ0n) is 85.3. The fraction of sp³-hybridized carbons (Fsp3) is 0.590. The Kier molecular flexibility index (Phi) is 46.8. The lowest BCUT2D eigenvalue weighted by molar-refractivity contribution is -0.167. The topological polar surface area (TPSA) is 399 Å². The first kappa shape index (κ1) is 116. The van der Waals surface area contributed by atoms with Crippen molar-refractivity contribution in [1.29, 1.82) is 0 Å². The molecule has 0 saturated heterocycles. The molecule has 3 aromatic rings. The maximum Gasteiger partial charge on any atom is 0.442 e. The van der Waals surface area contributed by atoms with E-state index in [0.717, 1.165) is 35.2 Å². The van der Waals surface area contributed by atoms with Crippen LogP contribution in [-0.4, -0.2) is 269 Å². The van der Waals surface area contributed by atoms with Gasteiger partial charge in [-0.3, -0.25) is 43.4 Å². The van der Waals surface area contributed by atoms with Gasteiger partial charge in [-0.1, -0.05) is 121 Å². The molecule has 0 spiro atoms. The van der Waals surface area contributed by atoms with Crippen LogP contribution in [0, 0.1) is 41.4 Å². The van der Waals surface area contributed by atoms with E-state index in [1.54, 1.807) is 90.3 Å². The second-order valence-corrected chi connectivity index (χ2v) is 38.2. The fourth-order valence-electron chi connectivity index (χ4n) is 17.1. The average Bonchev–Trinajstić information content (AvgIpc) is 1.44. The lowest BCUT2D eigenvalue weighted by atomic mass is 9.82. The Morgan fingerprint density at radius 3 is 2.03 bits per heavy atom. The number of fused-ring (bicyclic) bond motifs is 2. The first-order valence-corrected chi connectivity index (χ1v) is 48.5. The summed E-state index contributed by atoms with van der Waals surface area (Å²) in [6, 6.07) is 18.2. The number of halogens is 3. The maximum absolute atomic E-state index is 13.9. The number of carboxylic acids is 1. The van der Waals surface area contributed by atoms with E-state index in [1.807, 2.05) is 128 Å². The Labute approximate surface area is 822 Å². The van der Waals surface area contributed by atoms with Crippen LogP contribution in [-0.2, 0) is 72.4 Å². The van der Waals surface area contributed by atoms with Gasteiger partial charge < -0.3 is 83.9 Å². The van der Waals surface area contributed by atoms with Crippen molar-refractivity contribution in [2.45, 2.75) is 251 Å². The predicted octanol–water partition coefficient (Wildman–Crippen LogP) is 14.2. The number of aliphatic hydroxyl groups is 2. The number of likely N-dealkylation sites (N-methyl/N-ethyl adjacent to an activating group) is 2. The zero-order valence-corrected chi connectivity index (χ0v) is 85.3. The molecule has 4 aliphatic rings. The lowest BCUT2D eigenvalue weighted by Crippen LogP contribution is -2.47. The molecule has 1 aliphatic carbocycles. The number of nitrogens with one attached hydrogen (secondary N) is 4. The van der Waals surface area contributed by atoms with Crippen LogP contribution in [0.2, 0.25) is 0 Å². The average molecular weight is 1960 g/mol. The van der Waals surface area contributed by atoms with E-state index in [0.29, 0.717) is 97.6 Å². The van der Waals surface area contributed by atoms with Gasteiger partial charge in [-0.15, -0.1) is 10.2 Å². The maximum atomic E-state index is 13.9. The summed E-state index contributed by atoms with van der Waals surface area (Å²) in [5.74, 6) is -8.01. The number of oxime groups is 1. The van der Waals surface area contributed by atoms with Crippen LogP contribution in [0.1, 0.15) is 209 Å². The van der Waals surface area contributed by atoms with Gasteiger partial charge >= 0.3 is 41.7 Å². The summed E-state index contributed by atoms with van der Waals surface area (Å²) in [5.41, 5.74) is 1.32. The number of ether oxygens (including phenoxy) is 7. The van der Waals surface area contributed by atoms with Crippen LogP contribution < -0.4 is 36.1 Å². The van der Waals surface area contributed by atoms with Crippen molar-refractivity contribution in [3.63, 3.8) is 0 Å². The third-order valence-electron chi connectivity index (χ3n) is 26.6. The summed E-state index contributed by atoms with van der Waals surface area (Å²) in [6.07, 6.45) is 9.94. The number of esters is 4. The molecule has 4 amide bonds. The first-order chi connectivity index (χ1) is 66.4. The molecule has 18 atom stereocenters. The molecule has 772 valence electrons. The van der Waals surface area contributed by atoms with E-state index in [4.69, 9.17) is 42.4 Å². The number of aromatic carboxylic acids is 1. The van der Waals surface area contributed by atoms with E-state index in [1.165, 1.54) is 50.6 Å². The predicted molar refractivity (Wildman–Crippen MR) is 530 cm³/mol. The highest BCUT2D eigenvalue weighted by Crippen LogP contribution is 2.52. The molecule has 3 heterocycles. The molecule has 0 bridgehead atoms. The molecule has 7 N–H and O–H groups in total. The molecule has 7 rings (SSSR count). The second kappa shape index (κ2) is 56.5. The number of nitrogens with zero attached hydrogens (tertiary/aromatic N) is 7. The van der Waals surface area contributed by atoms with E-state index in [2.05, 4.69) is 49.7 Å². The monoisotopic (exact) mass is 1960 g/mol. The summed E-state index contributed by atoms with van der Waals surface area (Å²) < 4.78 is 92.0. The molecule has 0 saturated carbocycles. The minimum absolute atomic E-state index is 0.0242. The molecule has 32 nitrogen and oxygen atoms in total. The van der Waals surface area contributed by atoms with Gasteiger partial charge in [0.1, 0.15) is 68.0 Å². The van der Waals surface area contributed by atoms with Gasteiger partial charge in [-0.05, 0) is 196 Å². The third kappa shape index (κ3) is 34.7. The Balaban J connectivity index is 0.941. The number of amides is 4. The Bertz CT molecular complexity index is 5120. The number of cyclic esters (lactones) is 1. The van der Waals surface area contributed by atoms with Crippen LogP contribution in [0.25, 0.3) is 33.4 Å². The molecule has 3 aliphatic heterocycles. The zero-order chi connectivity index (χ0) is 103. The number of unbranched alkanes of at least 4 members (excludes halogenated alkanes) is 4. The second-order valence-electron chi connectivity index (χ2n) is 38.2. The first-order valence-electron chi connectivity index (χ1n) is 48.5. The van der Waals surface area contributed by atoms with Crippen LogP contribution >= 0.6 is 0 Å². The molecule has 35 heteroatoms. The number of benzene rings is 4. The van der Waals surface area contributed by atoms with Crippen molar-refractivity contribution < 1.29 is 114 Å². The summed E-state index contributed by atoms with van der Waals surface area (Å²) in [5, 5.41) is 58.2. The molecular weight excluding hydrogens is 1810 g/mol. The van der Waals surface area contributed by atoms with Crippen LogP contribution in [0.4, 0.5) is 18.9 Å². The Morgan fingerprint density at radius 1 is 0.729 bits per heavy atom. The minimum atomic E-state index is -4.80. The van der Waals surface area contributed by atoms with Gasteiger partial charge in [0.25, 0.3) is 17.7 Å². The van der Waals surface area contributed by atoms with Gasteiger partial charge in [0.05, 0.1) is 42.7 Å². The molecule has 3 aromatic carbocycles. The number of rotatable bonds is 45. The molecule has 0 fully saturated rings. The molecule has 1 unspecified atom stereocenters. The summed E-state index contributed by atoms with van der Waals surface area (Å²) in [7, 11) is 19.5. The normalized spacial score (nSPS) is 21.7. The van der Waals surface area contributed by atoms with Crippen molar-refractivity contribution >= 4 is 76.3 Å². The third-order valence-corrected chi connectivity index (χ3v) is 26.6. The van der Waals surface area contributed by atoms with E-state index in [-0.39, 0.29) is 105 Å². The number of carbonyl (C=O) groups excluding carboxylic acids is 8. The minimum Gasteiger partial charge on any atom is -0.478 e. The molecule has 140 heavy (non-hydrogen) atoms. The number of allylic oxidation sites excluding steroid dienone is 3. The van der Waals surface area contributed by atoms with E-state index < -0.39 is 156 Å². The number of methoxy groups -OCH3 is 3. The fourth-order valence-corrected chi connectivity index (χ4v) is 17.1. The SMILES string of the molecule is COCC(C(=O)O[C@@H]1C/C=C/C=C/C(=O)O[C@H]([C@@H](C)[C@@H](O)[C@@H](C)CC[C@@H](OC(=O)[C@H](C)N(C)C)[C@H](C)[C@H](OC(C)=O)[C@H](C)CC=NOCC(=O)NCCCC[C@H](NC(=O)c2ccc(C3(C(F)(F)F)N=N3)cc2)C(=O)NCCCCCCNC(=O)c2ccc(-c3c4ccc(=[N+](C)C)cc-4oc4cc(N(C)C)ccc34)c(C(=O)O)c2)C/C=C/[C@H](OC)C[C@H](C)C/C=C(\C)[C@@H](OC)CC[C@@H](C)[C@@H](O)[C@@H]1C)N(C)C. The van der Waals surface area contributed by atoms with Crippen molar-refractivity contribution in [1.82, 2.24) is 35.6 Å². The Morgan fingerprint density at radius 2 is 1.40 bits per heavy atom. The van der Waals surface area contributed by atoms with Crippen molar-refractivity contribution in [3.8, 4) is 22.5 Å². The number of alkyl halides is 3. The van der Waals surface area contributed by atoms with E-state index in [9.17, 15) is 71.6 Å². The number of hydrogen-bond donors (Lipinski definition) is 7. The smallest absolute Gasteiger partial charge is 0.442 e. The summed E-state index contributed by atoms with van der Waals surface area (Å²) >= 11 is 0. The quantitative estimate of drug-likeness (QED) is 0.00278. The van der Waals surface area contributed by atoms with Crippen molar-refractivity contribution in [2.75, 3.05) is 115 Å². The molecular formula is C105H151F3N11O21+. The molecule has 0 radical (unpaired) electrons. The van der Waals surface area contributed by atoms with Crippen LogP contribution in [0.15, 0.2) is 147 Å².